The minimum atomic E-state index is -0.435. The Morgan fingerprint density at radius 2 is 1.38 bits per heavy atom. The second-order valence-corrected chi connectivity index (χ2v) is 7.34. The van der Waals surface area contributed by atoms with Crippen molar-refractivity contribution in [2.75, 3.05) is 0 Å². The van der Waals surface area contributed by atoms with Crippen molar-refractivity contribution in [2.45, 2.75) is 12.5 Å². The number of nitrogens with one attached hydrogen (secondary N) is 1. The first-order valence-electron chi connectivity index (χ1n) is 10.5. The largest absolute Gasteiger partial charge is 0.489 e. The van der Waals surface area contributed by atoms with Crippen molar-refractivity contribution in [3.05, 3.63) is 138 Å². The summed E-state index contributed by atoms with van der Waals surface area (Å²) in [6.07, 6.45) is 1.63. The molecule has 0 spiro atoms. The predicted molar refractivity (Wildman–Crippen MR) is 128 cm³/mol. The molecule has 4 heteroatoms. The fourth-order valence-electron chi connectivity index (χ4n) is 3.45. The Bertz CT molecular complexity index is 1120. The molecule has 1 N–H and O–H groups in total. The Morgan fingerprint density at radius 1 is 0.781 bits per heavy atom. The molecule has 0 radical (unpaired) electrons. The van der Waals surface area contributed by atoms with Gasteiger partial charge in [0.25, 0.3) is 5.91 Å². The van der Waals surface area contributed by atoms with Crippen LogP contribution in [0.2, 0.25) is 0 Å². The van der Waals surface area contributed by atoms with Gasteiger partial charge in [-0.3, -0.25) is 4.79 Å². The van der Waals surface area contributed by atoms with Crippen molar-refractivity contribution in [2.24, 2.45) is 5.10 Å². The number of carbonyl (C=O) groups excluding carboxylic acids is 1. The molecular weight excluding hydrogens is 396 g/mol. The smallest absolute Gasteiger partial charge is 0.252 e. The first kappa shape index (κ1) is 21.1. The lowest BCUT2D eigenvalue weighted by molar-refractivity contribution is -0.121. The van der Waals surface area contributed by atoms with Gasteiger partial charge in [0.15, 0.2) is 0 Å². The maximum atomic E-state index is 13.0. The molecule has 4 aromatic carbocycles. The Morgan fingerprint density at radius 3 is 2.00 bits per heavy atom. The molecule has 0 bridgehead atoms. The van der Waals surface area contributed by atoms with E-state index in [0.29, 0.717) is 6.61 Å². The minimum Gasteiger partial charge on any atom is -0.489 e. The van der Waals surface area contributed by atoms with Gasteiger partial charge in [-0.25, -0.2) is 5.43 Å². The van der Waals surface area contributed by atoms with Crippen LogP contribution in [0.3, 0.4) is 0 Å². The van der Waals surface area contributed by atoms with Crippen LogP contribution in [-0.4, -0.2) is 12.1 Å². The van der Waals surface area contributed by atoms with Crippen LogP contribution in [0.25, 0.3) is 0 Å². The molecule has 1 amide bonds. The molecule has 4 rings (SSSR count). The average Bonchev–Trinajstić information content (AvgIpc) is 2.85. The van der Waals surface area contributed by atoms with Gasteiger partial charge in [-0.05, 0) is 34.4 Å². The Labute approximate surface area is 188 Å². The van der Waals surface area contributed by atoms with Crippen molar-refractivity contribution in [3.63, 3.8) is 0 Å². The summed E-state index contributed by atoms with van der Waals surface area (Å²) in [6, 6.07) is 37.0. The molecule has 0 unspecified atom stereocenters. The molecule has 0 aliphatic carbocycles. The highest BCUT2D eigenvalue weighted by atomic mass is 16.5. The standard InChI is InChI=1S/C28H24N2O2/c31-28(27(24-14-6-2-7-15-24)25-16-8-3-9-17-25)30-29-20-23-13-10-18-26(19-23)32-21-22-11-4-1-5-12-22/h1-20,27H,21H2,(H,30,31)/b29-20+. The third-order valence-corrected chi connectivity index (χ3v) is 5.02. The molecule has 0 saturated heterocycles. The molecule has 0 heterocycles. The maximum absolute atomic E-state index is 13.0. The van der Waals surface area contributed by atoms with E-state index in [9.17, 15) is 4.79 Å². The first-order valence-corrected chi connectivity index (χ1v) is 10.5. The Balaban J connectivity index is 1.43. The number of hydrazone groups is 1. The highest BCUT2D eigenvalue weighted by molar-refractivity contribution is 5.88. The number of carbonyl (C=O) groups is 1. The number of hydrogen-bond donors (Lipinski definition) is 1. The number of nitrogens with zero attached hydrogens (tertiary/aromatic N) is 1. The van der Waals surface area contributed by atoms with E-state index in [1.165, 1.54) is 0 Å². The van der Waals surface area contributed by atoms with E-state index >= 15 is 0 Å². The minimum absolute atomic E-state index is 0.185. The highest BCUT2D eigenvalue weighted by Gasteiger charge is 2.22. The lowest BCUT2D eigenvalue weighted by Gasteiger charge is -2.16. The SMILES string of the molecule is O=C(N/N=C/c1cccc(OCc2ccccc2)c1)C(c1ccccc1)c1ccccc1. The summed E-state index contributed by atoms with van der Waals surface area (Å²) in [6.45, 7) is 0.494. The van der Waals surface area contributed by atoms with Crippen molar-refractivity contribution < 1.29 is 9.53 Å². The molecule has 158 valence electrons. The van der Waals surface area contributed by atoms with Crippen LogP contribution >= 0.6 is 0 Å². The number of amides is 1. The molecule has 0 aromatic heterocycles. The Kier molecular flexibility index (Phi) is 7.06. The van der Waals surface area contributed by atoms with Crippen molar-refractivity contribution in [1.29, 1.82) is 0 Å². The summed E-state index contributed by atoms with van der Waals surface area (Å²) >= 11 is 0. The second kappa shape index (κ2) is 10.7. The molecule has 0 aliphatic heterocycles. The average molecular weight is 421 g/mol. The van der Waals surface area contributed by atoms with E-state index in [2.05, 4.69) is 10.5 Å². The fraction of sp³-hybridized carbons (Fsp3) is 0.0714. The van der Waals surface area contributed by atoms with E-state index in [4.69, 9.17) is 4.74 Å². The molecule has 0 aliphatic rings. The van der Waals surface area contributed by atoms with Crippen molar-refractivity contribution >= 4 is 12.1 Å². The number of rotatable bonds is 8. The second-order valence-electron chi connectivity index (χ2n) is 7.34. The summed E-state index contributed by atoms with van der Waals surface area (Å²) in [5.74, 6) is 0.126. The van der Waals surface area contributed by atoms with E-state index in [-0.39, 0.29) is 5.91 Å². The summed E-state index contributed by atoms with van der Waals surface area (Å²) in [5.41, 5.74) is 6.48. The topological polar surface area (TPSA) is 50.7 Å². The zero-order valence-electron chi connectivity index (χ0n) is 17.6. The lowest BCUT2D eigenvalue weighted by Crippen LogP contribution is -2.26. The zero-order chi connectivity index (χ0) is 22.0. The molecule has 4 aromatic rings. The van der Waals surface area contributed by atoms with Crippen LogP contribution in [0.5, 0.6) is 5.75 Å². The van der Waals surface area contributed by atoms with Crippen LogP contribution in [0.15, 0.2) is 120 Å². The third kappa shape index (κ3) is 5.70. The van der Waals surface area contributed by atoms with Crippen molar-refractivity contribution in [1.82, 2.24) is 5.43 Å². The molecule has 32 heavy (non-hydrogen) atoms. The van der Waals surface area contributed by atoms with E-state index < -0.39 is 5.92 Å². The van der Waals surface area contributed by atoms with Crippen LogP contribution in [0, 0.1) is 0 Å². The van der Waals surface area contributed by atoms with Crippen LogP contribution in [-0.2, 0) is 11.4 Å². The summed E-state index contributed by atoms with van der Waals surface area (Å²) in [5, 5.41) is 4.19. The zero-order valence-corrected chi connectivity index (χ0v) is 17.6. The lowest BCUT2D eigenvalue weighted by atomic mass is 9.91. The van der Waals surface area contributed by atoms with Gasteiger partial charge in [0, 0.05) is 0 Å². The summed E-state index contributed by atoms with van der Waals surface area (Å²) in [7, 11) is 0. The van der Waals surface area contributed by atoms with E-state index in [1.54, 1.807) is 6.21 Å². The van der Waals surface area contributed by atoms with Gasteiger partial charge in [0.2, 0.25) is 0 Å². The molecule has 4 nitrogen and oxygen atoms in total. The summed E-state index contributed by atoms with van der Waals surface area (Å²) in [4.78, 5) is 13.0. The normalized spacial score (nSPS) is 10.9. The van der Waals surface area contributed by atoms with Gasteiger partial charge in [-0.1, -0.05) is 103 Å². The maximum Gasteiger partial charge on any atom is 0.252 e. The first-order chi connectivity index (χ1) is 15.8. The fourth-order valence-corrected chi connectivity index (χ4v) is 3.45. The van der Waals surface area contributed by atoms with E-state index in [1.807, 2.05) is 115 Å². The molecular formula is C28H24N2O2. The Hall–Kier alpha value is -4.18. The van der Waals surface area contributed by atoms with Crippen LogP contribution in [0.4, 0.5) is 0 Å². The van der Waals surface area contributed by atoms with Crippen molar-refractivity contribution in [3.8, 4) is 5.75 Å². The third-order valence-electron chi connectivity index (χ3n) is 5.02. The monoisotopic (exact) mass is 420 g/mol. The van der Waals surface area contributed by atoms with Gasteiger partial charge in [-0.15, -0.1) is 0 Å². The van der Waals surface area contributed by atoms with Crippen LogP contribution in [0.1, 0.15) is 28.2 Å². The van der Waals surface area contributed by atoms with Gasteiger partial charge in [0.1, 0.15) is 12.4 Å². The van der Waals surface area contributed by atoms with Gasteiger partial charge < -0.3 is 4.74 Å². The number of benzene rings is 4. The van der Waals surface area contributed by atoms with Crippen LogP contribution < -0.4 is 10.2 Å². The molecule has 0 atom stereocenters. The van der Waals surface area contributed by atoms with Gasteiger partial charge in [0.05, 0.1) is 12.1 Å². The quantitative estimate of drug-likeness (QED) is 0.300. The van der Waals surface area contributed by atoms with Gasteiger partial charge >= 0.3 is 0 Å². The number of ether oxygens (including phenoxy) is 1. The number of hydrogen-bond acceptors (Lipinski definition) is 3. The molecule has 0 fully saturated rings. The molecule has 0 saturated carbocycles. The summed E-state index contributed by atoms with van der Waals surface area (Å²) < 4.78 is 5.87. The highest BCUT2D eigenvalue weighted by Crippen LogP contribution is 2.24. The van der Waals surface area contributed by atoms with Gasteiger partial charge in [-0.2, -0.15) is 5.10 Å². The predicted octanol–water partition coefficient (Wildman–Crippen LogP) is 5.55. The van der Waals surface area contributed by atoms with E-state index in [0.717, 1.165) is 28.0 Å².